The molecular weight excluding hydrogens is 395 g/mol. The first-order chi connectivity index (χ1) is 9.95. The summed E-state index contributed by atoms with van der Waals surface area (Å²) >= 11 is 0. The van der Waals surface area contributed by atoms with Crippen LogP contribution in [0.25, 0.3) is 0 Å². The first-order valence-electron chi connectivity index (χ1n) is 7.29. The van der Waals surface area contributed by atoms with Gasteiger partial charge < -0.3 is 20.0 Å². The predicted octanol–water partition coefficient (Wildman–Crippen LogP) is 2.05. The Labute approximate surface area is 148 Å². The molecule has 7 heteroatoms. The molecule has 1 aromatic rings. The van der Waals surface area contributed by atoms with Gasteiger partial charge in [0.2, 0.25) is 5.91 Å². The van der Waals surface area contributed by atoms with Crippen molar-refractivity contribution in [3.63, 3.8) is 0 Å². The summed E-state index contributed by atoms with van der Waals surface area (Å²) in [5.74, 6) is 2.38. The van der Waals surface area contributed by atoms with Gasteiger partial charge in [0.15, 0.2) is 5.96 Å². The highest BCUT2D eigenvalue weighted by Gasteiger charge is 2.23. The van der Waals surface area contributed by atoms with Crippen molar-refractivity contribution in [3.8, 4) is 0 Å². The molecular formula is C15H25IN4O2. The number of aliphatic imine (C=N–C) groups is 1. The summed E-state index contributed by atoms with van der Waals surface area (Å²) in [5.41, 5.74) is 0. The molecule has 1 heterocycles. The van der Waals surface area contributed by atoms with Gasteiger partial charge in [-0.3, -0.25) is 4.79 Å². The van der Waals surface area contributed by atoms with Crippen LogP contribution in [-0.2, 0) is 4.79 Å². The molecule has 0 spiro atoms. The molecule has 0 aromatic carbocycles. The van der Waals surface area contributed by atoms with Gasteiger partial charge in [0.25, 0.3) is 0 Å². The second-order valence-electron chi connectivity index (χ2n) is 5.69. The van der Waals surface area contributed by atoms with E-state index in [4.69, 9.17) is 4.42 Å². The minimum atomic E-state index is -0.0200. The number of halogens is 1. The number of likely N-dealkylation sites (N-methyl/N-ethyl adjacent to an activating group) is 1. The number of carbonyl (C=O) groups excluding carboxylic acids is 1. The average molecular weight is 420 g/mol. The van der Waals surface area contributed by atoms with Crippen molar-refractivity contribution < 1.29 is 9.21 Å². The van der Waals surface area contributed by atoms with E-state index in [1.165, 1.54) is 4.90 Å². The number of guanidine groups is 1. The fourth-order valence-corrected chi connectivity index (χ4v) is 1.80. The smallest absolute Gasteiger partial charge is 0.243 e. The summed E-state index contributed by atoms with van der Waals surface area (Å²) in [4.78, 5) is 17.6. The van der Waals surface area contributed by atoms with Gasteiger partial charge in [0, 0.05) is 20.1 Å². The third kappa shape index (κ3) is 5.86. The van der Waals surface area contributed by atoms with E-state index in [-0.39, 0.29) is 42.5 Å². The Kier molecular flexibility index (Phi) is 7.18. The normalized spacial score (nSPS) is 15.7. The van der Waals surface area contributed by atoms with Crippen molar-refractivity contribution >= 4 is 35.8 Å². The van der Waals surface area contributed by atoms with Gasteiger partial charge in [0.1, 0.15) is 18.1 Å². The largest absolute Gasteiger partial charge is 0.464 e. The fourth-order valence-electron chi connectivity index (χ4n) is 1.80. The van der Waals surface area contributed by atoms with Gasteiger partial charge >= 0.3 is 0 Å². The van der Waals surface area contributed by atoms with Gasteiger partial charge in [-0.2, -0.15) is 0 Å². The average Bonchev–Trinajstić information content (AvgIpc) is 3.14. The van der Waals surface area contributed by atoms with Crippen LogP contribution >= 0.6 is 24.0 Å². The first-order valence-corrected chi connectivity index (χ1v) is 7.29. The molecule has 2 N–H and O–H groups in total. The Bertz CT molecular complexity index is 523. The van der Waals surface area contributed by atoms with E-state index in [1.807, 2.05) is 26.0 Å². The second-order valence-corrected chi connectivity index (χ2v) is 5.69. The van der Waals surface area contributed by atoms with E-state index in [9.17, 15) is 4.79 Å². The molecule has 0 bridgehead atoms. The molecule has 1 aliphatic carbocycles. The standard InChI is InChI=1S/C15H24N4O2.HI/c1-10-5-8-13(21-10)11(2)17-15(18-12-6-7-12)16-9-14(20)19(3)4;/h5,8,11-12H,6-7,9H2,1-4H3,(H2,16,17,18);1H. The van der Waals surface area contributed by atoms with Gasteiger partial charge in [-0.1, -0.05) is 0 Å². The van der Waals surface area contributed by atoms with Crippen LogP contribution in [0.5, 0.6) is 0 Å². The first kappa shape index (κ1) is 18.8. The number of aryl methyl sites for hydroxylation is 1. The van der Waals surface area contributed by atoms with Crippen molar-refractivity contribution in [2.75, 3.05) is 20.6 Å². The summed E-state index contributed by atoms with van der Waals surface area (Å²) in [6, 6.07) is 4.36. The maximum Gasteiger partial charge on any atom is 0.243 e. The molecule has 1 unspecified atom stereocenters. The minimum absolute atomic E-state index is 0. The van der Waals surface area contributed by atoms with Crippen LogP contribution in [0.3, 0.4) is 0 Å². The summed E-state index contributed by atoms with van der Waals surface area (Å²) in [5, 5.41) is 6.61. The van der Waals surface area contributed by atoms with E-state index >= 15 is 0 Å². The highest BCUT2D eigenvalue weighted by molar-refractivity contribution is 14.0. The Balaban J connectivity index is 0.00000242. The third-order valence-corrected chi connectivity index (χ3v) is 3.33. The molecule has 1 amide bonds. The van der Waals surface area contributed by atoms with Gasteiger partial charge in [0.05, 0.1) is 6.04 Å². The zero-order valence-corrected chi connectivity index (χ0v) is 15.9. The predicted molar refractivity (Wildman–Crippen MR) is 97.6 cm³/mol. The van der Waals surface area contributed by atoms with Gasteiger partial charge in [-0.15, -0.1) is 24.0 Å². The summed E-state index contributed by atoms with van der Waals surface area (Å²) in [6.07, 6.45) is 2.30. The van der Waals surface area contributed by atoms with Crippen molar-refractivity contribution in [1.29, 1.82) is 0 Å². The number of rotatable bonds is 5. The Morgan fingerprint density at radius 2 is 2.14 bits per heavy atom. The lowest BCUT2D eigenvalue weighted by Gasteiger charge is -2.17. The molecule has 22 heavy (non-hydrogen) atoms. The fraction of sp³-hybridized carbons (Fsp3) is 0.600. The SMILES string of the molecule is Cc1ccc(C(C)NC(=NCC(=O)N(C)C)NC2CC2)o1.I. The second kappa shape index (κ2) is 8.40. The lowest BCUT2D eigenvalue weighted by molar-refractivity contribution is -0.127. The molecule has 124 valence electrons. The zero-order chi connectivity index (χ0) is 15.4. The highest BCUT2D eigenvalue weighted by Crippen LogP contribution is 2.19. The van der Waals surface area contributed by atoms with E-state index in [1.54, 1.807) is 14.1 Å². The van der Waals surface area contributed by atoms with E-state index in [0.717, 1.165) is 24.4 Å². The number of nitrogens with zero attached hydrogens (tertiary/aromatic N) is 2. The van der Waals surface area contributed by atoms with Crippen LogP contribution in [0.1, 0.15) is 37.3 Å². The molecule has 1 aromatic heterocycles. The molecule has 1 fully saturated rings. The van der Waals surface area contributed by atoms with Crippen LogP contribution < -0.4 is 10.6 Å². The van der Waals surface area contributed by atoms with Crippen molar-refractivity contribution in [2.24, 2.45) is 4.99 Å². The van der Waals surface area contributed by atoms with Crippen LogP contribution in [0.4, 0.5) is 0 Å². The van der Waals surface area contributed by atoms with Crippen LogP contribution in [0, 0.1) is 6.92 Å². The number of hydrogen-bond acceptors (Lipinski definition) is 3. The number of amides is 1. The Hall–Kier alpha value is -1.25. The molecule has 1 aliphatic rings. The molecule has 0 aliphatic heterocycles. The van der Waals surface area contributed by atoms with Gasteiger partial charge in [-0.25, -0.2) is 4.99 Å². The lowest BCUT2D eigenvalue weighted by Crippen LogP contribution is -2.40. The van der Waals surface area contributed by atoms with E-state index < -0.39 is 0 Å². The molecule has 2 rings (SSSR count). The Morgan fingerprint density at radius 1 is 1.45 bits per heavy atom. The van der Waals surface area contributed by atoms with Crippen molar-refractivity contribution in [3.05, 3.63) is 23.7 Å². The lowest BCUT2D eigenvalue weighted by atomic mass is 10.2. The van der Waals surface area contributed by atoms with E-state index in [2.05, 4.69) is 15.6 Å². The molecule has 1 saturated carbocycles. The molecule has 1 atom stereocenters. The maximum absolute atomic E-state index is 11.7. The number of nitrogens with one attached hydrogen (secondary N) is 2. The zero-order valence-electron chi connectivity index (χ0n) is 13.5. The number of hydrogen-bond donors (Lipinski definition) is 2. The topological polar surface area (TPSA) is 69.9 Å². The number of furan rings is 1. The number of carbonyl (C=O) groups is 1. The monoisotopic (exact) mass is 420 g/mol. The van der Waals surface area contributed by atoms with Crippen LogP contribution in [0.15, 0.2) is 21.5 Å². The summed E-state index contributed by atoms with van der Waals surface area (Å²) < 4.78 is 5.61. The minimum Gasteiger partial charge on any atom is -0.464 e. The van der Waals surface area contributed by atoms with Crippen LogP contribution in [-0.4, -0.2) is 43.4 Å². The third-order valence-electron chi connectivity index (χ3n) is 3.33. The Morgan fingerprint density at radius 3 is 2.64 bits per heavy atom. The maximum atomic E-state index is 11.7. The molecule has 0 radical (unpaired) electrons. The van der Waals surface area contributed by atoms with E-state index in [0.29, 0.717) is 12.0 Å². The molecule has 0 saturated heterocycles. The molecule has 6 nitrogen and oxygen atoms in total. The summed E-state index contributed by atoms with van der Waals surface area (Å²) in [7, 11) is 3.46. The highest BCUT2D eigenvalue weighted by atomic mass is 127. The van der Waals surface area contributed by atoms with Gasteiger partial charge in [-0.05, 0) is 38.8 Å². The quantitative estimate of drug-likeness (QED) is 0.435. The van der Waals surface area contributed by atoms with Crippen LogP contribution in [0.2, 0.25) is 0 Å². The summed E-state index contributed by atoms with van der Waals surface area (Å²) in [6.45, 7) is 4.07. The van der Waals surface area contributed by atoms with Crippen molar-refractivity contribution in [2.45, 2.75) is 38.8 Å². The van der Waals surface area contributed by atoms with Crippen molar-refractivity contribution in [1.82, 2.24) is 15.5 Å².